The number of carbonyl (C=O) groups is 5. The summed E-state index contributed by atoms with van der Waals surface area (Å²) in [5.74, 6) is -4.75. The number of nitrogen functional groups attached to an aromatic ring is 1. The van der Waals surface area contributed by atoms with E-state index in [-0.39, 0.29) is 24.5 Å². The highest BCUT2D eigenvalue weighted by molar-refractivity contribution is 6.00. The lowest BCUT2D eigenvalue weighted by atomic mass is 10.1. The SMILES string of the molecule is C[C@@H](C(=O)O)N1CCN(C(=O)CNC(=O)c2ccc(C(=N)N)cc2)C(CC(=O)O)C1=O. The van der Waals surface area contributed by atoms with E-state index in [1.165, 1.54) is 31.2 Å². The number of rotatable bonds is 8. The first kappa shape index (κ1) is 23.3. The summed E-state index contributed by atoms with van der Waals surface area (Å²) in [5, 5.41) is 28.0. The van der Waals surface area contributed by atoms with Crippen LogP contribution in [0.4, 0.5) is 0 Å². The van der Waals surface area contributed by atoms with E-state index < -0.39 is 54.7 Å². The van der Waals surface area contributed by atoms with E-state index in [2.05, 4.69) is 5.32 Å². The van der Waals surface area contributed by atoms with Crippen LogP contribution in [0, 0.1) is 5.41 Å². The Kier molecular flexibility index (Phi) is 7.29. The van der Waals surface area contributed by atoms with Crippen LogP contribution in [0.15, 0.2) is 24.3 Å². The minimum absolute atomic E-state index is 0.0662. The number of carboxylic acid groups (broad SMARTS) is 2. The van der Waals surface area contributed by atoms with Gasteiger partial charge in [0.25, 0.3) is 5.91 Å². The van der Waals surface area contributed by atoms with Gasteiger partial charge < -0.3 is 31.1 Å². The summed E-state index contributed by atoms with van der Waals surface area (Å²) >= 11 is 0. The lowest BCUT2D eigenvalue weighted by Crippen LogP contribution is -2.63. The Morgan fingerprint density at radius 3 is 2.26 bits per heavy atom. The highest BCUT2D eigenvalue weighted by Gasteiger charge is 2.41. The highest BCUT2D eigenvalue weighted by Crippen LogP contribution is 2.18. The molecule has 0 aliphatic carbocycles. The molecule has 1 saturated heterocycles. The first-order valence-electron chi connectivity index (χ1n) is 9.30. The van der Waals surface area contributed by atoms with Crippen molar-refractivity contribution in [3.8, 4) is 0 Å². The van der Waals surface area contributed by atoms with Crippen molar-refractivity contribution in [2.45, 2.75) is 25.4 Å². The Morgan fingerprint density at radius 2 is 1.74 bits per heavy atom. The van der Waals surface area contributed by atoms with Crippen LogP contribution in [-0.4, -0.2) is 87.2 Å². The van der Waals surface area contributed by atoms with Gasteiger partial charge in [0.05, 0.1) is 13.0 Å². The minimum Gasteiger partial charge on any atom is -0.481 e. The Labute approximate surface area is 177 Å². The molecular formula is C19H23N5O7. The van der Waals surface area contributed by atoms with Gasteiger partial charge in [-0.1, -0.05) is 12.1 Å². The summed E-state index contributed by atoms with van der Waals surface area (Å²) in [5.41, 5.74) is 6.00. The second-order valence-corrected chi connectivity index (χ2v) is 6.92. The van der Waals surface area contributed by atoms with Gasteiger partial charge in [0.15, 0.2) is 0 Å². The van der Waals surface area contributed by atoms with Crippen molar-refractivity contribution in [1.29, 1.82) is 5.41 Å². The number of amidine groups is 1. The Balaban J connectivity index is 2.07. The van der Waals surface area contributed by atoms with Crippen molar-refractivity contribution in [1.82, 2.24) is 15.1 Å². The lowest BCUT2D eigenvalue weighted by Gasteiger charge is -2.41. The van der Waals surface area contributed by atoms with Crippen molar-refractivity contribution in [3.05, 3.63) is 35.4 Å². The van der Waals surface area contributed by atoms with E-state index in [4.69, 9.17) is 21.4 Å². The molecule has 31 heavy (non-hydrogen) atoms. The van der Waals surface area contributed by atoms with E-state index >= 15 is 0 Å². The van der Waals surface area contributed by atoms with Crippen LogP contribution in [0.25, 0.3) is 0 Å². The Hall–Kier alpha value is -3.96. The molecule has 1 aromatic carbocycles. The molecule has 166 valence electrons. The van der Waals surface area contributed by atoms with Crippen LogP contribution in [0.3, 0.4) is 0 Å². The van der Waals surface area contributed by atoms with Crippen molar-refractivity contribution >= 4 is 35.5 Å². The quantitative estimate of drug-likeness (QED) is 0.246. The van der Waals surface area contributed by atoms with Gasteiger partial charge in [0.2, 0.25) is 11.8 Å². The number of nitrogens with zero attached hydrogens (tertiary/aromatic N) is 2. The average Bonchev–Trinajstić information content (AvgIpc) is 2.72. The molecule has 1 aliphatic rings. The fourth-order valence-corrected chi connectivity index (χ4v) is 3.15. The molecule has 0 bridgehead atoms. The summed E-state index contributed by atoms with van der Waals surface area (Å²) < 4.78 is 0. The maximum absolute atomic E-state index is 12.7. The van der Waals surface area contributed by atoms with Gasteiger partial charge in [-0.3, -0.25) is 24.6 Å². The predicted octanol–water partition coefficient (Wildman–Crippen LogP) is -1.31. The number of amides is 3. The first-order valence-corrected chi connectivity index (χ1v) is 9.30. The molecule has 1 aromatic rings. The summed E-state index contributed by atoms with van der Waals surface area (Å²) in [4.78, 5) is 62.0. The fraction of sp³-hybridized carbons (Fsp3) is 0.368. The van der Waals surface area contributed by atoms with Gasteiger partial charge >= 0.3 is 11.9 Å². The summed E-state index contributed by atoms with van der Waals surface area (Å²) in [6.45, 7) is 0.677. The van der Waals surface area contributed by atoms with Gasteiger partial charge in [-0.05, 0) is 19.1 Å². The number of hydrogen-bond acceptors (Lipinski definition) is 6. The number of nitrogens with one attached hydrogen (secondary N) is 2. The van der Waals surface area contributed by atoms with Crippen LogP contribution in [0.5, 0.6) is 0 Å². The van der Waals surface area contributed by atoms with Gasteiger partial charge in [-0.2, -0.15) is 0 Å². The third-order valence-electron chi connectivity index (χ3n) is 4.90. The van der Waals surface area contributed by atoms with Gasteiger partial charge in [-0.25, -0.2) is 4.79 Å². The largest absolute Gasteiger partial charge is 0.481 e. The molecule has 0 spiro atoms. The molecule has 12 heteroatoms. The molecule has 2 rings (SSSR count). The standard InChI is InChI=1S/C19H23N5O7/c1-10(19(30)31)23-6-7-24(13(18(23)29)8-15(26)27)14(25)9-22-17(28)12-4-2-11(3-5-12)16(20)21/h2-5,10,13H,6-9H2,1H3,(H3,20,21)(H,22,28)(H,26,27)(H,30,31)/t10-,13?/m0/s1. The molecule has 0 saturated carbocycles. The van der Waals surface area contributed by atoms with E-state index in [1.54, 1.807) is 0 Å². The molecule has 1 fully saturated rings. The van der Waals surface area contributed by atoms with E-state index in [0.29, 0.717) is 5.56 Å². The van der Waals surface area contributed by atoms with Crippen LogP contribution in [-0.2, 0) is 19.2 Å². The van der Waals surface area contributed by atoms with E-state index in [1.807, 2.05) is 0 Å². The third-order valence-corrected chi connectivity index (χ3v) is 4.90. The molecule has 0 aromatic heterocycles. The topological polar surface area (TPSA) is 194 Å². The second kappa shape index (κ2) is 9.69. The van der Waals surface area contributed by atoms with E-state index in [9.17, 15) is 24.0 Å². The molecule has 12 nitrogen and oxygen atoms in total. The Bertz CT molecular complexity index is 915. The minimum atomic E-state index is -1.37. The molecule has 1 aliphatic heterocycles. The average molecular weight is 433 g/mol. The van der Waals surface area contributed by atoms with Gasteiger partial charge in [0, 0.05) is 24.2 Å². The third kappa shape index (κ3) is 5.56. The number of hydrogen-bond donors (Lipinski definition) is 5. The molecule has 6 N–H and O–H groups in total. The van der Waals surface area contributed by atoms with Crippen LogP contribution in [0.1, 0.15) is 29.3 Å². The van der Waals surface area contributed by atoms with Crippen molar-refractivity contribution in [3.63, 3.8) is 0 Å². The van der Waals surface area contributed by atoms with Crippen LogP contribution >= 0.6 is 0 Å². The fourth-order valence-electron chi connectivity index (χ4n) is 3.15. The lowest BCUT2D eigenvalue weighted by molar-refractivity contribution is -0.161. The Morgan fingerprint density at radius 1 is 1.16 bits per heavy atom. The first-order chi connectivity index (χ1) is 14.5. The zero-order valence-electron chi connectivity index (χ0n) is 16.7. The monoisotopic (exact) mass is 433 g/mol. The van der Waals surface area contributed by atoms with Gasteiger partial charge in [-0.15, -0.1) is 0 Å². The zero-order chi connectivity index (χ0) is 23.3. The van der Waals surface area contributed by atoms with Crippen molar-refractivity contribution in [2.24, 2.45) is 5.73 Å². The zero-order valence-corrected chi connectivity index (χ0v) is 16.7. The molecular weight excluding hydrogens is 410 g/mol. The second-order valence-electron chi connectivity index (χ2n) is 6.92. The summed E-state index contributed by atoms with van der Waals surface area (Å²) in [6.07, 6.45) is -0.687. The number of piperazine rings is 1. The van der Waals surface area contributed by atoms with E-state index in [0.717, 1.165) is 9.80 Å². The summed E-state index contributed by atoms with van der Waals surface area (Å²) in [7, 11) is 0. The molecule has 2 atom stereocenters. The number of aliphatic carboxylic acids is 2. The molecule has 0 radical (unpaired) electrons. The normalized spacial score (nSPS) is 17.1. The van der Waals surface area contributed by atoms with Crippen LogP contribution < -0.4 is 11.1 Å². The molecule has 1 unspecified atom stereocenters. The maximum Gasteiger partial charge on any atom is 0.326 e. The molecule has 1 heterocycles. The predicted molar refractivity (Wildman–Crippen MR) is 106 cm³/mol. The number of carbonyl (C=O) groups excluding carboxylic acids is 3. The summed E-state index contributed by atoms with van der Waals surface area (Å²) in [6, 6.07) is 3.28. The molecule has 3 amide bonds. The van der Waals surface area contributed by atoms with Crippen molar-refractivity contribution in [2.75, 3.05) is 19.6 Å². The maximum atomic E-state index is 12.7. The highest BCUT2D eigenvalue weighted by atomic mass is 16.4. The van der Waals surface area contributed by atoms with Crippen molar-refractivity contribution < 1.29 is 34.2 Å². The number of carboxylic acids is 2. The number of nitrogens with two attached hydrogens (primary N) is 1. The number of benzene rings is 1. The smallest absolute Gasteiger partial charge is 0.326 e. The van der Waals surface area contributed by atoms with Crippen LogP contribution in [0.2, 0.25) is 0 Å². The van der Waals surface area contributed by atoms with Gasteiger partial charge in [0.1, 0.15) is 17.9 Å².